The molecule has 0 saturated heterocycles. The Bertz CT molecular complexity index is 520. The van der Waals surface area contributed by atoms with Gasteiger partial charge in [0.2, 0.25) is 0 Å². The predicted octanol–water partition coefficient (Wildman–Crippen LogP) is 6.48. The van der Waals surface area contributed by atoms with Crippen molar-refractivity contribution < 1.29 is 34.2 Å². The Morgan fingerprint density at radius 1 is 0.500 bits per heavy atom. The summed E-state index contributed by atoms with van der Waals surface area (Å²) in [5, 5.41) is 30.6. The highest BCUT2D eigenvalue weighted by atomic mass is 16.4. The Hall–Kier alpha value is -1.63. The Kier molecular flexibility index (Phi) is 17.8. The molecule has 3 unspecified atom stereocenters. The van der Waals surface area contributed by atoms with Crippen molar-refractivity contribution in [3.63, 3.8) is 0 Å². The van der Waals surface area contributed by atoms with Gasteiger partial charge in [0.1, 0.15) is 0 Å². The van der Waals surface area contributed by atoms with Crippen molar-refractivity contribution in [1.29, 1.82) is 0 Å². The molecule has 0 aromatic heterocycles. The first-order valence-corrected chi connectivity index (χ1v) is 13.8. The highest BCUT2D eigenvalue weighted by Gasteiger charge is 2.56. The number of carboxylic acid groups (broad SMARTS) is 3. The van der Waals surface area contributed by atoms with Gasteiger partial charge in [0.15, 0.2) is 18.1 Å². The van der Waals surface area contributed by atoms with Gasteiger partial charge in [-0.3, -0.25) is 4.48 Å². The minimum absolute atomic E-state index is 0.272. The largest absolute Gasteiger partial charge is 0.477 e. The molecule has 0 radical (unpaired) electrons. The number of carbonyl (C=O) groups is 3. The van der Waals surface area contributed by atoms with Crippen molar-refractivity contribution in [3.8, 4) is 0 Å². The van der Waals surface area contributed by atoms with E-state index in [1.165, 1.54) is 38.5 Å². The van der Waals surface area contributed by atoms with E-state index >= 15 is 0 Å². The first-order valence-electron chi connectivity index (χ1n) is 13.8. The maximum atomic E-state index is 12.5. The summed E-state index contributed by atoms with van der Waals surface area (Å²) in [5.74, 6) is -3.25. The van der Waals surface area contributed by atoms with Gasteiger partial charge in [0.25, 0.3) is 0 Å². The normalized spacial score (nSPS) is 15.9. The van der Waals surface area contributed by atoms with E-state index in [1.54, 1.807) is 0 Å². The first-order chi connectivity index (χ1) is 16.2. The van der Waals surface area contributed by atoms with Crippen molar-refractivity contribution in [2.24, 2.45) is 0 Å². The van der Waals surface area contributed by atoms with Crippen LogP contribution >= 0.6 is 0 Å². The van der Waals surface area contributed by atoms with Crippen molar-refractivity contribution in [3.05, 3.63) is 0 Å². The fourth-order valence-corrected chi connectivity index (χ4v) is 5.52. The average molecular weight is 487 g/mol. The van der Waals surface area contributed by atoms with Crippen LogP contribution in [0.15, 0.2) is 0 Å². The molecule has 0 aromatic rings. The molecule has 0 saturated carbocycles. The molecular weight excluding hydrogens is 434 g/mol. The molecule has 0 fully saturated rings. The maximum absolute atomic E-state index is 12.5. The van der Waals surface area contributed by atoms with Gasteiger partial charge in [0.05, 0.1) is 6.54 Å². The summed E-state index contributed by atoms with van der Waals surface area (Å²) in [6.45, 7) is 8.10. The van der Waals surface area contributed by atoms with Gasteiger partial charge >= 0.3 is 17.9 Å². The van der Waals surface area contributed by atoms with Crippen LogP contribution in [0.5, 0.6) is 0 Å². The summed E-state index contributed by atoms with van der Waals surface area (Å²) in [6.07, 6.45) is 13.6. The molecule has 0 heterocycles. The lowest BCUT2D eigenvalue weighted by Gasteiger charge is -2.50. The number of hydrogen-bond donors (Lipinski definition) is 3. The van der Waals surface area contributed by atoms with E-state index in [0.29, 0.717) is 25.7 Å². The summed E-state index contributed by atoms with van der Waals surface area (Å²) in [6, 6.07) is -3.11. The molecule has 3 N–H and O–H groups in total. The second-order valence-corrected chi connectivity index (χ2v) is 9.83. The van der Waals surface area contributed by atoms with Crippen LogP contribution in [0.4, 0.5) is 0 Å². The molecule has 0 aromatic carbocycles. The molecule has 0 bridgehead atoms. The van der Waals surface area contributed by atoms with Crippen LogP contribution in [-0.2, 0) is 14.4 Å². The molecular formula is C27H52NO6+. The molecule has 34 heavy (non-hydrogen) atoms. The minimum Gasteiger partial charge on any atom is -0.477 e. The molecule has 0 rings (SSSR count). The highest BCUT2D eigenvalue weighted by molar-refractivity contribution is 5.78. The number of unbranched alkanes of at least 4 members (excludes halogenated alkanes) is 9. The van der Waals surface area contributed by atoms with E-state index in [1.807, 2.05) is 20.8 Å². The van der Waals surface area contributed by atoms with E-state index in [4.69, 9.17) is 0 Å². The van der Waals surface area contributed by atoms with E-state index in [9.17, 15) is 29.7 Å². The Morgan fingerprint density at radius 3 is 1.06 bits per heavy atom. The third-order valence-corrected chi connectivity index (χ3v) is 7.18. The van der Waals surface area contributed by atoms with Crippen LogP contribution in [-0.4, -0.2) is 62.4 Å². The van der Waals surface area contributed by atoms with Gasteiger partial charge in [0, 0.05) is 19.3 Å². The number of hydrogen-bond acceptors (Lipinski definition) is 3. The SMILES string of the molecule is CCCCCCCCCCCC[N+](C(CCC)C(=O)O)(C(CCC)C(=O)O)C(CCC)C(=O)O. The van der Waals surface area contributed by atoms with Crippen molar-refractivity contribution >= 4 is 17.9 Å². The van der Waals surface area contributed by atoms with Crippen LogP contribution in [0.3, 0.4) is 0 Å². The summed E-state index contributed by atoms with van der Waals surface area (Å²) >= 11 is 0. The number of rotatable bonds is 23. The van der Waals surface area contributed by atoms with Crippen LogP contribution in [0.1, 0.15) is 130 Å². The van der Waals surface area contributed by atoms with Gasteiger partial charge in [-0.05, 0) is 32.1 Å². The molecule has 3 atom stereocenters. The lowest BCUT2D eigenvalue weighted by molar-refractivity contribution is -0.973. The van der Waals surface area contributed by atoms with Gasteiger partial charge in [-0.2, -0.15) is 0 Å². The van der Waals surface area contributed by atoms with E-state index in [-0.39, 0.29) is 30.3 Å². The van der Waals surface area contributed by atoms with E-state index in [2.05, 4.69) is 6.92 Å². The molecule has 200 valence electrons. The molecule has 0 aliphatic rings. The maximum Gasteiger partial charge on any atom is 0.362 e. The zero-order valence-electron chi connectivity index (χ0n) is 22.3. The van der Waals surface area contributed by atoms with Gasteiger partial charge in [-0.1, -0.05) is 79.1 Å². The second kappa shape index (κ2) is 18.7. The Morgan fingerprint density at radius 2 is 0.794 bits per heavy atom. The van der Waals surface area contributed by atoms with Gasteiger partial charge < -0.3 is 15.3 Å². The molecule has 0 aliphatic heterocycles. The Labute approximate surface area is 207 Å². The average Bonchev–Trinajstić information content (AvgIpc) is 2.78. The van der Waals surface area contributed by atoms with Crippen LogP contribution < -0.4 is 0 Å². The first kappa shape index (κ1) is 32.4. The van der Waals surface area contributed by atoms with Gasteiger partial charge in [-0.15, -0.1) is 0 Å². The zero-order chi connectivity index (χ0) is 26.0. The van der Waals surface area contributed by atoms with Crippen molar-refractivity contribution in [1.82, 2.24) is 0 Å². The monoisotopic (exact) mass is 486 g/mol. The number of nitrogens with zero attached hydrogens (tertiary/aromatic N) is 1. The third-order valence-electron chi connectivity index (χ3n) is 7.18. The molecule has 0 spiro atoms. The second-order valence-electron chi connectivity index (χ2n) is 9.83. The minimum atomic E-state index is -1.08. The quantitative estimate of drug-likeness (QED) is 0.112. The lowest BCUT2D eigenvalue weighted by Crippen LogP contribution is -2.72. The molecule has 0 aliphatic carbocycles. The van der Waals surface area contributed by atoms with Crippen LogP contribution in [0.25, 0.3) is 0 Å². The molecule has 7 nitrogen and oxygen atoms in total. The summed E-state index contributed by atoms with van der Waals surface area (Å²) in [5.41, 5.74) is 0. The van der Waals surface area contributed by atoms with E-state index < -0.39 is 36.0 Å². The van der Waals surface area contributed by atoms with Crippen molar-refractivity contribution in [2.45, 2.75) is 149 Å². The summed E-state index contributed by atoms with van der Waals surface area (Å²) < 4.78 is -0.369. The Balaban J connectivity index is 5.79. The fourth-order valence-electron chi connectivity index (χ4n) is 5.52. The molecule has 0 amide bonds. The summed E-state index contributed by atoms with van der Waals surface area (Å²) in [7, 11) is 0. The van der Waals surface area contributed by atoms with Crippen molar-refractivity contribution in [2.75, 3.05) is 6.54 Å². The predicted molar refractivity (Wildman–Crippen MR) is 136 cm³/mol. The smallest absolute Gasteiger partial charge is 0.362 e. The fraction of sp³-hybridized carbons (Fsp3) is 0.889. The third kappa shape index (κ3) is 10.3. The number of carboxylic acids is 3. The zero-order valence-corrected chi connectivity index (χ0v) is 22.3. The van der Waals surface area contributed by atoms with E-state index in [0.717, 1.165) is 19.3 Å². The number of quaternary nitrogens is 1. The topological polar surface area (TPSA) is 112 Å². The van der Waals surface area contributed by atoms with Gasteiger partial charge in [-0.25, -0.2) is 14.4 Å². The highest BCUT2D eigenvalue weighted by Crippen LogP contribution is 2.34. The van der Waals surface area contributed by atoms with Crippen LogP contribution in [0, 0.1) is 0 Å². The lowest BCUT2D eigenvalue weighted by atomic mass is 9.91. The summed E-state index contributed by atoms with van der Waals surface area (Å²) in [4.78, 5) is 37.4. The standard InChI is InChI=1S/C27H51NO6/c1-5-9-10-11-12-13-14-15-16-17-21-28(22(18-6-2)25(29)30,23(19-7-3)26(31)32)24(20-8-4)27(33)34/h22-24H,5-21H2,1-4H3,(H2-,29,30,31,32,33,34)/p+1. The van der Waals surface area contributed by atoms with Crippen LogP contribution in [0.2, 0.25) is 0 Å². The number of aliphatic carboxylic acids is 3. The molecule has 7 heteroatoms.